The van der Waals surface area contributed by atoms with Gasteiger partial charge in [-0.2, -0.15) is 0 Å². The summed E-state index contributed by atoms with van der Waals surface area (Å²) in [5.74, 6) is -0.797. The van der Waals surface area contributed by atoms with Crippen molar-refractivity contribution in [2.75, 3.05) is 19.8 Å². The van der Waals surface area contributed by atoms with E-state index in [-0.39, 0.29) is 32.0 Å². The standard InChI is InChI=1S/C54H100O10/c1-3-5-7-9-11-13-15-17-19-21-23-25-27-29-31-33-35-37-39-41-43-50(57)63-47(46-62-54-53(60)52(59)51(58)48(44-55)64-54)45-61-49(56)42-40-38-36-34-32-30-28-26-24-22-20-18-16-14-12-10-8-6-4-2/h12,14,18,20,47-48,51-55,58-60H,3-11,13,15-17,19,21-46H2,1-2H3/b14-12+,20-18+/t47-,48-,51+,52?,53?,54-/m1/s1. The lowest BCUT2D eigenvalue weighted by Gasteiger charge is -2.39. The summed E-state index contributed by atoms with van der Waals surface area (Å²) in [5, 5.41) is 40.2. The number of carbonyl (C=O) groups is 2. The highest BCUT2D eigenvalue weighted by molar-refractivity contribution is 5.70. The molecule has 1 aliphatic rings. The first-order chi connectivity index (χ1) is 31.3. The molecule has 1 fully saturated rings. The first kappa shape index (κ1) is 60.2. The molecule has 0 amide bonds. The molecule has 0 aliphatic carbocycles. The van der Waals surface area contributed by atoms with E-state index in [9.17, 15) is 30.0 Å². The number of allylic oxidation sites excluding steroid dienone is 4. The van der Waals surface area contributed by atoms with E-state index in [4.69, 9.17) is 18.9 Å². The maximum atomic E-state index is 12.8. The minimum absolute atomic E-state index is 0.215. The SMILES string of the molecule is CCCCC/C=C/C/C=C/CCCCCCCCCCCC(=O)OC[C@H](CO[C@@H]1O[C@H](CO)[C@H](O)C(O)C1O)OC(=O)CCCCCCCCCCCCCCCCCCCCCC. The highest BCUT2D eigenvalue weighted by Crippen LogP contribution is 2.23. The van der Waals surface area contributed by atoms with E-state index in [1.807, 2.05) is 0 Å². The second kappa shape index (κ2) is 45.0. The van der Waals surface area contributed by atoms with Gasteiger partial charge in [0.1, 0.15) is 31.0 Å². The lowest BCUT2D eigenvalue weighted by Crippen LogP contribution is -2.59. The van der Waals surface area contributed by atoms with Crippen LogP contribution >= 0.6 is 0 Å². The molecule has 10 heteroatoms. The predicted molar refractivity (Wildman–Crippen MR) is 261 cm³/mol. The van der Waals surface area contributed by atoms with Crippen molar-refractivity contribution >= 4 is 11.9 Å². The van der Waals surface area contributed by atoms with Gasteiger partial charge in [-0.05, 0) is 44.9 Å². The molecule has 0 spiro atoms. The van der Waals surface area contributed by atoms with Crippen LogP contribution in [0.1, 0.15) is 251 Å². The molecule has 1 saturated heterocycles. The fourth-order valence-corrected chi connectivity index (χ4v) is 8.34. The van der Waals surface area contributed by atoms with Gasteiger partial charge in [-0.25, -0.2) is 0 Å². The molecule has 0 saturated carbocycles. The molecule has 10 nitrogen and oxygen atoms in total. The fraction of sp³-hybridized carbons (Fsp3) is 0.889. The summed E-state index contributed by atoms with van der Waals surface area (Å²) in [5.41, 5.74) is 0. The van der Waals surface area contributed by atoms with Crippen molar-refractivity contribution in [1.82, 2.24) is 0 Å². The smallest absolute Gasteiger partial charge is 0.306 e. The third-order valence-corrected chi connectivity index (χ3v) is 12.6. The largest absolute Gasteiger partial charge is 0.462 e. The average Bonchev–Trinajstić information content (AvgIpc) is 3.29. The van der Waals surface area contributed by atoms with Crippen molar-refractivity contribution < 1.29 is 49.0 Å². The van der Waals surface area contributed by atoms with Gasteiger partial charge in [0.15, 0.2) is 12.4 Å². The topological polar surface area (TPSA) is 152 Å². The number of esters is 2. The number of aliphatic hydroxyl groups is 4. The third-order valence-electron chi connectivity index (χ3n) is 12.6. The lowest BCUT2D eigenvalue weighted by atomic mass is 9.99. The van der Waals surface area contributed by atoms with Gasteiger partial charge in [-0.3, -0.25) is 9.59 Å². The maximum Gasteiger partial charge on any atom is 0.306 e. The zero-order chi connectivity index (χ0) is 46.6. The number of hydrogen-bond donors (Lipinski definition) is 4. The van der Waals surface area contributed by atoms with E-state index in [0.717, 1.165) is 57.8 Å². The van der Waals surface area contributed by atoms with Crippen LogP contribution in [0.2, 0.25) is 0 Å². The fourth-order valence-electron chi connectivity index (χ4n) is 8.34. The molecule has 1 heterocycles. The van der Waals surface area contributed by atoms with Gasteiger partial charge >= 0.3 is 11.9 Å². The molecule has 64 heavy (non-hydrogen) atoms. The van der Waals surface area contributed by atoms with E-state index >= 15 is 0 Å². The molecule has 0 bridgehead atoms. The van der Waals surface area contributed by atoms with Crippen molar-refractivity contribution in [3.63, 3.8) is 0 Å². The van der Waals surface area contributed by atoms with E-state index in [2.05, 4.69) is 38.2 Å². The van der Waals surface area contributed by atoms with Gasteiger partial charge in [0.2, 0.25) is 0 Å². The molecule has 376 valence electrons. The van der Waals surface area contributed by atoms with E-state index < -0.39 is 49.4 Å². The van der Waals surface area contributed by atoms with E-state index in [1.54, 1.807) is 0 Å². The highest BCUT2D eigenvalue weighted by Gasteiger charge is 2.44. The molecule has 0 aromatic heterocycles. The number of carbonyl (C=O) groups excluding carboxylic acids is 2. The lowest BCUT2D eigenvalue weighted by molar-refractivity contribution is -0.305. The summed E-state index contributed by atoms with van der Waals surface area (Å²) in [4.78, 5) is 25.5. The first-order valence-corrected chi connectivity index (χ1v) is 26.9. The van der Waals surface area contributed by atoms with Crippen LogP contribution in [0.25, 0.3) is 0 Å². The zero-order valence-corrected chi connectivity index (χ0v) is 41.3. The Labute approximate surface area is 392 Å². The van der Waals surface area contributed by atoms with E-state index in [1.165, 1.54) is 161 Å². The van der Waals surface area contributed by atoms with Crippen LogP contribution in [0, 0.1) is 0 Å². The molecule has 0 aromatic rings. The zero-order valence-electron chi connectivity index (χ0n) is 41.3. The minimum Gasteiger partial charge on any atom is -0.462 e. The Morgan fingerprint density at radius 2 is 0.875 bits per heavy atom. The molecular weight excluding hydrogens is 809 g/mol. The predicted octanol–water partition coefficient (Wildman–Crippen LogP) is 12.8. The summed E-state index contributed by atoms with van der Waals surface area (Å²) in [6.45, 7) is 3.44. The Bertz CT molecular complexity index is 1100. The summed E-state index contributed by atoms with van der Waals surface area (Å²) in [6, 6.07) is 0. The van der Waals surface area contributed by atoms with Crippen LogP contribution in [0.5, 0.6) is 0 Å². The number of aliphatic hydroxyl groups excluding tert-OH is 4. The molecule has 1 aliphatic heterocycles. The molecule has 0 radical (unpaired) electrons. The number of rotatable bonds is 46. The molecule has 4 N–H and O–H groups in total. The molecule has 1 rings (SSSR count). The Hall–Kier alpha value is -1.82. The van der Waals surface area contributed by atoms with E-state index in [0.29, 0.717) is 6.42 Å². The van der Waals surface area contributed by atoms with Crippen LogP contribution in [-0.4, -0.2) is 89.0 Å². The Morgan fingerprint density at radius 3 is 1.33 bits per heavy atom. The van der Waals surface area contributed by atoms with Crippen molar-refractivity contribution in [1.29, 1.82) is 0 Å². The van der Waals surface area contributed by atoms with Crippen LogP contribution in [-0.2, 0) is 28.5 Å². The highest BCUT2D eigenvalue weighted by atomic mass is 16.7. The second-order valence-corrected chi connectivity index (χ2v) is 18.7. The van der Waals surface area contributed by atoms with Crippen LogP contribution < -0.4 is 0 Å². The monoisotopic (exact) mass is 909 g/mol. The van der Waals surface area contributed by atoms with Gasteiger partial charge < -0.3 is 39.4 Å². The van der Waals surface area contributed by atoms with Crippen molar-refractivity contribution in [2.45, 2.75) is 288 Å². The van der Waals surface area contributed by atoms with Crippen LogP contribution in [0.4, 0.5) is 0 Å². The molecular formula is C54H100O10. The second-order valence-electron chi connectivity index (χ2n) is 18.7. The Balaban J connectivity index is 2.23. The number of hydrogen-bond acceptors (Lipinski definition) is 10. The summed E-state index contributed by atoms with van der Waals surface area (Å²) in [6.07, 6.45) is 44.7. The normalized spacial score (nSPS) is 19.5. The van der Waals surface area contributed by atoms with Gasteiger partial charge in [-0.1, -0.05) is 218 Å². The molecule has 2 unspecified atom stereocenters. The van der Waals surface area contributed by atoms with Gasteiger partial charge in [-0.15, -0.1) is 0 Å². The van der Waals surface area contributed by atoms with Crippen molar-refractivity contribution in [3.8, 4) is 0 Å². The summed E-state index contributed by atoms with van der Waals surface area (Å²) in [7, 11) is 0. The number of unbranched alkanes of at least 4 members (excludes halogenated alkanes) is 31. The average molecular weight is 909 g/mol. The van der Waals surface area contributed by atoms with Gasteiger partial charge in [0.25, 0.3) is 0 Å². The molecule has 6 atom stereocenters. The molecule has 0 aromatic carbocycles. The Morgan fingerprint density at radius 1 is 0.484 bits per heavy atom. The summed E-state index contributed by atoms with van der Waals surface area (Å²) >= 11 is 0. The van der Waals surface area contributed by atoms with Crippen LogP contribution in [0.3, 0.4) is 0 Å². The summed E-state index contributed by atoms with van der Waals surface area (Å²) < 4.78 is 22.3. The van der Waals surface area contributed by atoms with Gasteiger partial charge in [0.05, 0.1) is 13.2 Å². The van der Waals surface area contributed by atoms with Crippen LogP contribution in [0.15, 0.2) is 24.3 Å². The third kappa shape index (κ3) is 35.4. The Kier molecular flexibility index (Phi) is 42.3. The minimum atomic E-state index is -1.59. The first-order valence-electron chi connectivity index (χ1n) is 26.9. The quantitative estimate of drug-likeness (QED) is 0.0264. The number of ether oxygens (including phenoxy) is 4. The van der Waals surface area contributed by atoms with Gasteiger partial charge in [0, 0.05) is 12.8 Å². The maximum absolute atomic E-state index is 12.8. The van der Waals surface area contributed by atoms with Crippen molar-refractivity contribution in [3.05, 3.63) is 24.3 Å². The van der Waals surface area contributed by atoms with Crippen molar-refractivity contribution in [2.24, 2.45) is 0 Å².